The maximum absolute atomic E-state index is 13.1. The van der Waals surface area contributed by atoms with Gasteiger partial charge in [0.2, 0.25) is 0 Å². The van der Waals surface area contributed by atoms with Crippen LogP contribution in [0, 0.1) is 34.0 Å². The minimum atomic E-state index is -1.10. The predicted octanol–water partition coefficient (Wildman–Crippen LogP) is 2.28. The van der Waals surface area contributed by atoms with Gasteiger partial charge >= 0.3 is 0 Å². The lowest BCUT2D eigenvalue weighted by Gasteiger charge is -2.64. The maximum Gasteiger partial charge on any atom is 0.170 e. The van der Waals surface area contributed by atoms with Gasteiger partial charge in [-0.3, -0.25) is 9.59 Å². The first-order valence-electron chi connectivity index (χ1n) is 9.22. The molecule has 24 heavy (non-hydrogen) atoms. The van der Waals surface area contributed by atoms with E-state index in [1.807, 2.05) is 13.8 Å². The van der Waals surface area contributed by atoms with Crippen LogP contribution < -0.4 is 0 Å². The number of carbonyl (C=O) groups is 2. The van der Waals surface area contributed by atoms with Crippen molar-refractivity contribution >= 4 is 11.6 Å². The van der Waals surface area contributed by atoms with Gasteiger partial charge in [-0.25, -0.2) is 0 Å². The van der Waals surface area contributed by atoms with E-state index in [0.717, 1.165) is 19.3 Å². The second-order valence-electron chi connectivity index (χ2n) is 9.42. The van der Waals surface area contributed by atoms with Crippen molar-refractivity contribution in [3.63, 3.8) is 0 Å². The van der Waals surface area contributed by atoms with Gasteiger partial charge in [0.1, 0.15) is 5.78 Å². The lowest BCUT2D eigenvalue weighted by atomic mass is 9.39. The molecule has 1 spiro atoms. The molecule has 0 aromatic rings. The summed E-state index contributed by atoms with van der Waals surface area (Å²) in [5, 5.41) is 22.1. The van der Waals surface area contributed by atoms with Crippen LogP contribution in [0.1, 0.15) is 52.9 Å². The van der Waals surface area contributed by atoms with E-state index >= 15 is 0 Å². The Balaban J connectivity index is 1.88. The maximum atomic E-state index is 13.1. The fourth-order valence-corrected chi connectivity index (χ4v) is 7.14. The lowest BCUT2D eigenvalue weighted by molar-refractivity contribution is -0.222. The largest absolute Gasteiger partial charge is 0.392 e. The van der Waals surface area contributed by atoms with Crippen molar-refractivity contribution in [3.05, 3.63) is 12.2 Å². The zero-order valence-corrected chi connectivity index (χ0v) is 14.8. The Kier molecular flexibility index (Phi) is 3.15. The van der Waals surface area contributed by atoms with Crippen molar-refractivity contribution in [3.8, 4) is 0 Å². The minimum absolute atomic E-state index is 0.0438. The van der Waals surface area contributed by atoms with Gasteiger partial charge in [-0.15, -0.1) is 0 Å². The number of fused-ring (bicyclic) bond motifs is 3. The molecular weight excluding hydrogens is 304 g/mol. The first-order chi connectivity index (χ1) is 11.1. The zero-order chi connectivity index (χ0) is 17.7. The third-order valence-electron chi connectivity index (χ3n) is 8.43. The summed E-state index contributed by atoms with van der Waals surface area (Å²) in [7, 11) is 0. The van der Waals surface area contributed by atoms with E-state index in [4.69, 9.17) is 0 Å². The number of Topliss-reactive ketones (excluding diaryl/α,β-unsaturated/α-hetero) is 2. The number of carbonyl (C=O) groups excluding carboxylic acids is 2. The molecule has 4 aliphatic carbocycles. The monoisotopic (exact) mass is 332 g/mol. The second kappa shape index (κ2) is 4.59. The van der Waals surface area contributed by atoms with Crippen LogP contribution in [0.3, 0.4) is 0 Å². The van der Waals surface area contributed by atoms with Crippen molar-refractivity contribution in [2.45, 2.75) is 65.1 Å². The van der Waals surface area contributed by atoms with E-state index in [1.165, 1.54) is 0 Å². The molecule has 4 aliphatic rings. The average Bonchev–Trinajstić information content (AvgIpc) is 2.64. The number of rotatable bonds is 0. The number of aliphatic hydroxyl groups is 2. The second-order valence-corrected chi connectivity index (χ2v) is 9.42. The number of aliphatic hydroxyl groups excluding tert-OH is 2. The normalized spacial score (nSPS) is 52.9. The summed E-state index contributed by atoms with van der Waals surface area (Å²) >= 11 is 0. The fourth-order valence-electron chi connectivity index (χ4n) is 7.14. The quantitative estimate of drug-likeness (QED) is 0.667. The Labute approximate surface area is 143 Å². The first-order valence-corrected chi connectivity index (χ1v) is 9.22. The molecule has 0 amide bonds. The molecule has 0 aromatic heterocycles. The Morgan fingerprint density at radius 2 is 1.75 bits per heavy atom. The molecule has 0 saturated heterocycles. The van der Waals surface area contributed by atoms with Crippen LogP contribution >= 0.6 is 0 Å². The summed E-state index contributed by atoms with van der Waals surface area (Å²) in [6.07, 6.45) is 1.53. The summed E-state index contributed by atoms with van der Waals surface area (Å²) in [6, 6.07) is 0. The summed E-state index contributed by atoms with van der Waals surface area (Å²) in [5.74, 6) is -0.109. The van der Waals surface area contributed by atoms with Crippen LogP contribution in [0.4, 0.5) is 0 Å². The van der Waals surface area contributed by atoms with Gasteiger partial charge in [0.25, 0.3) is 0 Å². The molecule has 4 saturated carbocycles. The highest BCUT2D eigenvalue weighted by atomic mass is 16.3. The highest BCUT2D eigenvalue weighted by Gasteiger charge is 2.74. The summed E-state index contributed by atoms with van der Waals surface area (Å²) in [5.41, 5.74) is -1.29. The van der Waals surface area contributed by atoms with E-state index in [0.29, 0.717) is 18.4 Å². The Morgan fingerprint density at radius 3 is 2.42 bits per heavy atom. The lowest BCUT2D eigenvalue weighted by Crippen LogP contribution is -2.67. The standard InChI is InChI=1S/C20H28O4/c1-10-11-5-6-12-19(4)8-7-14(21)18(2,3)13(19)9-15(22)20(12,16(10)23)17(11)24/h11-13,15,17,22,24H,1,5-9H2,2-4H3/t11?,12-,13+,15+,17?,19-,20?/m0/s1. The molecule has 4 fully saturated rings. The van der Waals surface area contributed by atoms with Crippen molar-refractivity contribution in [2.24, 2.45) is 34.0 Å². The van der Waals surface area contributed by atoms with Gasteiger partial charge in [-0.1, -0.05) is 27.4 Å². The third kappa shape index (κ3) is 1.53. The molecule has 2 N–H and O–H groups in total. The SMILES string of the molecule is C=C1C(=O)C23C(O)C1CC[C@H]2[C@]1(C)CCC(=O)C(C)(C)[C@H]1C[C@H]3O. The van der Waals surface area contributed by atoms with Gasteiger partial charge < -0.3 is 10.2 Å². The Hall–Kier alpha value is -1.00. The Morgan fingerprint density at radius 1 is 1.08 bits per heavy atom. The van der Waals surface area contributed by atoms with Crippen LogP contribution in [0.2, 0.25) is 0 Å². The smallest absolute Gasteiger partial charge is 0.170 e. The molecule has 0 radical (unpaired) electrons. The van der Waals surface area contributed by atoms with Crippen LogP contribution in [0.15, 0.2) is 12.2 Å². The molecular formula is C20H28O4. The topological polar surface area (TPSA) is 74.6 Å². The fraction of sp³-hybridized carbons (Fsp3) is 0.800. The average molecular weight is 332 g/mol. The molecule has 4 heteroatoms. The van der Waals surface area contributed by atoms with Crippen molar-refractivity contribution in [1.82, 2.24) is 0 Å². The van der Waals surface area contributed by atoms with E-state index in [1.54, 1.807) is 0 Å². The molecule has 0 heterocycles. The van der Waals surface area contributed by atoms with Gasteiger partial charge in [-0.2, -0.15) is 0 Å². The number of hydrogen-bond acceptors (Lipinski definition) is 4. The van der Waals surface area contributed by atoms with E-state index in [2.05, 4.69) is 13.5 Å². The van der Waals surface area contributed by atoms with Crippen LogP contribution in [-0.2, 0) is 9.59 Å². The van der Waals surface area contributed by atoms with Gasteiger partial charge in [0.05, 0.1) is 17.6 Å². The van der Waals surface area contributed by atoms with Crippen molar-refractivity contribution in [1.29, 1.82) is 0 Å². The molecule has 4 rings (SSSR count). The molecule has 0 aliphatic heterocycles. The first kappa shape index (κ1) is 16.5. The number of ketones is 2. The molecule has 4 nitrogen and oxygen atoms in total. The van der Waals surface area contributed by atoms with Gasteiger partial charge in [0.15, 0.2) is 5.78 Å². The van der Waals surface area contributed by atoms with E-state index in [9.17, 15) is 19.8 Å². The molecule has 7 atom stereocenters. The van der Waals surface area contributed by atoms with Crippen molar-refractivity contribution < 1.29 is 19.8 Å². The van der Waals surface area contributed by atoms with Crippen molar-refractivity contribution in [2.75, 3.05) is 0 Å². The van der Waals surface area contributed by atoms with Gasteiger partial charge in [-0.05, 0) is 48.5 Å². The van der Waals surface area contributed by atoms with Gasteiger partial charge in [0, 0.05) is 17.8 Å². The molecule has 0 aromatic carbocycles. The third-order valence-corrected chi connectivity index (χ3v) is 8.43. The number of hydrogen-bond donors (Lipinski definition) is 2. The van der Waals surface area contributed by atoms with Crippen LogP contribution in [-0.4, -0.2) is 34.0 Å². The highest BCUT2D eigenvalue weighted by Crippen LogP contribution is 2.70. The summed E-state index contributed by atoms with van der Waals surface area (Å²) in [6.45, 7) is 10.1. The minimum Gasteiger partial charge on any atom is -0.392 e. The van der Waals surface area contributed by atoms with Crippen LogP contribution in [0.5, 0.6) is 0 Å². The predicted molar refractivity (Wildman–Crippen MR) is 89.0 cm³/mol. The van der Waals surface area contributed by atoms with E-state index < -0.39 is 23.0 Å². The van der Waals surface area contributed by atoms with E-state index in [-0.39, 0.29) is 34.7 Å². The summed E-state index contributed by atoms with van der Waals surface area (Å²) < 4.78 is 0. The molecule has 132 valence electrons. The zero-order valence-electron chi connectivity index (χ0n) is 14.8. The van der Waals surface area contributed by atoms with Crippen LogP contribution in [0.25, 0.3) is 0 Å². The molecule has 3 unspecified atom stereocenters. The Bertz CT molecular complexity index is 650. The highest BCUT2D eigenvalue weighted by molar-refractivity contribution is 6.04. The summed E-state index contributed by atoms with van der Waals surface area (Å²) in [4.78, 5) is 25.6. The molecule has 2 bridgehead atoms.